The van der Waals surface area contributed by atoms with Crippen LogP contribution in [0.3, 0.4) is 0 Å². The summed E-state index contributed by atoms with van der Waals surface area (Å²) in [6.45, 7) is 25.9. The van der Waals surface area contributed by atoms with E-state index in [-0.39, 0.29) is 134 Å². The summed E-state index contributed by atoms with van der Waals surface area (Å²) in [5.41, 5.74) is 8.55. The molecule has 808 valence electrons. The lowest BCUT2D eigenvalue weighted by Gasteiger charge is -2.25. The molecule has 13 heterocycles. The number of nitrogens with one attached hydrogen (secondary N) is 1. The van der Waals surface area contributed by atoms with Crippen molar-refractivity contribution in [1.29, 1.82) is 0 Å². The van der Waals surface area contributed by atoms with Crippen LogP contribution in [0.2, 0.25) is 0 Å². The van der Waals surface area contributed by atoms with E-state index in [1.807, 2.05) is 56.2 Å². The second kappa shape index (κ2) is 54.7. The van der Waals surface area contributed by atoms with Gasteiger partial charge in [0.1, 0.15) is 72.5 Å². The number of para-hydroxylation sites is 2. The number of alkyl halides is 9. The quantitative estimate of drug-likeness (QED) is 0.0260. The van der Waals surface area contributed by atoms with Crippen LogP contribution in [0.5, 0.6) is 11.5 Å². The molecule has 0 radical (unpaired) electrons. The third kappa shape index (κ3) is 33.7. The number of nitrogen functional groups attached to an aromatic ring is 1. The molecule has 3 aromatic heterocycles. The molecule has 10 unspecified atom stereocenters. The van der Waals surface area contributed by atoms with E-state index in [4.69, 9.17) is 29.8 Å². The summed E-state index contributed by atoms with van der Waals surface area (Å²) < 4.78 is 158. The fraction of sp³-hybridized carbons (Fsp3) is 0.500. The molecule has 0 saturated carbocycles. The summed E-state index contributed by atoms with van der Waals surface area (Å²) in [4.78, 5) is 138. The van der Waals surface area contributed by atoms with Gasteiger partial charge in [-0.1, -0.05) is 52.3 Å². The number of rotatable bonds is 21. The van der Waals surface area contributed by atoms with Crippen molar-refractivity contribution in [3.05, 3.63) is 219 Å². The topological polar surface area (TPSA) is 372 Å². The van der Waals surface area contributed by atoms with E-state index in [1.165, 1.54) is 91.0 Å². The Bertz CT molecular complexity index is 5650. The molecule has 8 aromatic rings. The predicted octanol–water partition coefficient (Wildman–Crippen LogP) is 15.8. The summed E-state index contributed by atoms with van der Waals surface area (Å²) in [6.07, 6.45) is -7.72. The first-order chi connectivity index (χ1) is 71.1. The number of carbonyl (C=O) groups excluding carboxylic acids is 7. The molecular formula is C104H127BrF11N17O16. The van der Waals surface area contributed by atoms with Crippen LogP contribution < -0.4 is 25.4 Å². The average Bonchev–Trinajstić information content (AvgIpc) is 1.24. The Balaban J connectivity index is 0.000000172. The molecule has 10 atom stereocenters. The second-order valence-corrected chi connectivity index (χ2v) is 40.3. The number of amides is 7. The van der Waals surface area contributed by atoms with Crippen LogP contribution in [0.25, 0.3) is 33.8 Å². The van der Waals surface area contributed by atoms with Gasteiger partial charge in [0, 0.05) is 198 Å². The van der Waals surface area contributed by atoms with Gasteiger partial charge in [0.05, 0.1) is 57.8 Å². The number of nitrogens with zero attached hydrogens (tertiary/aromatic N) is 15. The van der Waals surface area contributed by atoms with Crippen molar-refractivity contribution in [3.8, 4) is 45.3 Å². The van der Waals surface area contributed by atoms with E-state index in [1.54, 1.807) is 82.6 Å². The highest BCUT2D eigenvalue weighted by Crippen LogP contribution is 2.40. The van der Waals surface area contributed by atoms with E-state index in [2.05, 4.69) is 50.9 Å². The Hall–Kier alpha value is -12.7. The van der Waals surface area contributed by atoms with Crippen LogP contribution in [0, 0.1) is 96.9 Å². The van der Waals surface area contributed by atoms with Gasteiger partial charge in [0.25, 0.3) is 5.69 Å². The first-order valence-electron chi connectivity index (χ1n) is 49.0. The van der Waals surface area contributed by atoms with E-state index in [9.17, 15) is 102 Å². The monoisotopic (exact) mass is 2160 g/mol. The zero-order valence-corrected chi connectivity index (χ0v) is 85.5. The fourth-order valence-electron chi connectivity index (χ4n) is 19.7. The number of benzene rings is 5. The predicted molar refractivity (Wildman–Crippen MR) is 538 cm³/mol. The van der Waals surface area contributed by atoms with Crippen LogP contribution in [-0.4, -0.2) is 336 Å². The van der Waals surface area contributed by atoms with E-state index < -0.39 is 63.7 Å². The number of hydrogen-bond acceptors (Lipinski definition) is 25. The molecule has 10 fully saturated rings. The van der Waals surface area contributed by atoms with Crippen LogP contribution in [0.1, 0.15) is 52.9 Å². The van der Waals surface area contributed by atoms with Crippen molar-refractivity contribution >= 4 is 80.9 Å². The van der Waals surface area contributed by atoms with Gasteiger partial charge in [-0.25, -0.2) is 59.9 Å². The molecule has 10 aliphatic rings. The summed E-state index contributed by atoms with van der Waals surface area (Å²) in [5, 5.41) is 34.0. The average molecular weight is 2160 g/mol. The number of likely N-dealkylation sites (tertiary alicyclic amines) is 9. The molecule has 0 spiro atoms. The van der Waals surface area contributed by atoms with Gasteiger partial charge < -0.3 is 79.2 Å². The number of hydrogen-bond donors (Lipinski definition) is 3. The van der Waals surface area contributed by atoms with Crippen molar-refractivity contribution in [3.63, 3.8) is 0 Å². The molecule has 0 bridgehead atoms. The van der Waals surface area contributed by atoms with Crippen molar-refractivity contribution in [2.75, 3.05) is 214 Å². The maximum Gasteiger partial charge on any atom is 0.471 e. The fourth-order valence-corrected chi connectivity index (χ4v) is 19.7. The number of fused-ring (bicyclic) bond motifs is 5. The Kier molecular flexibility index (Phi) is 42.8. The zero-order valence-electron chi connectivity index (χ0n) is 84.0. The lowest BCUT2D eigenvalue weighted by atomic mass is 10.0. The lowest BCUT2D eigenvalue weighted by molar-refractivity contribution is -0.385. The van der Waals surface area contributed by atoms with E-state index in [0.29, 0.717) is 157 Å². The zero-order chi connectivity index (χ0) is 108. The molecular weight excluding hydrogens is 2030 g/mol. The van der Waals surface area contributed by atoms with Gasteiger partial charge in [-0.2, -0.15) is 18.1 Å². The molecule has 4 N–H and O–H groups in total. The maximum absolute atomic E-state index is 13.4. The van der Waals surface area contributed by atoms with Gasteiger partial charge >= 0.3 is 42.1 Å². The number of halogens is 12. The minimum atomic E-state index is -4.78. The Morgan fingerprint density at radius 3 is 1.02 bits per heavy atom. The summed E-state index contributed by atoms with van der Waals surface area (Å²) >= 11 is 2.87. The van der Waals surface area contributed by atoms with Crippen LogP contribution in [-0.2, 0) is 36.7 Å². The number of ether oxygens (including phenoxy) is 4. The summed E-state index contributed by atoms with van der Waals surface area (Å²) in [5.74, 6) is 0.289. The number of anilines is 2. The molecule has 33 nitrogen and oxygen atoms in total. The molecule has 18 rings (SSSR count). The van der Waals surface area contributed by atoms with Crippen molar-refractivity contribution in [2.45, 2.75) is 71.8 Å². The maximum atomic E-state index is 13.4. The van der Waals surface area contributed by atoms with E-state index >= 15 is 0 Å². The lowest BCUT2D eigenvalue weighted by Crippen LogP contribution is -2.42. The third-order valence-electron chi connectivity index (χ3n) is 26.6. The van der Waals surface area contributed by atoms with Crippen LogP contribution >= 0.6 is 15.9 Å². The first-order valence-corrected chi connectivity index (χ1v) is 50.1. The number of aromatic nitrogens is 3. The highest BCUT2D eigenvalue weighted by Gasteiger charge is 2.51. The SMILES string of the molecule is CC(C)(C)OC(=O)N1CC2CN(CCF)CC2C1.CC(C)(C)OC(=O)N1CC2CNCC2C1.CO.FCCBr.Nc1ccc(-c2ccc(F)cc2)nc1CC(=O)N1CC2CN(CCF)CC2C1.O=C(Cc1nc(-c2ccc(F)cc2)ccc1[N+](=O)[O-])N1CC2CN(CCF)CC2C1.O=C(N1CC2CN(CCF)CC2C1)C(F)(F)F.O=C(Oc1ccccc1)N(C(=O)Oc1ccccc1)c1nc(-c2ccc(F)cc2)ccc1[N+](=O)[O-]. The number of nitro groups is 2. The molecule has 7 amide bonds. The summed E-state index contributed by atoms with van der Waals surface area (Å²) in [6, 6.07) is 41.3. The third-order valence-corrected chi connectivity index (χ3v) is 26.9. The number of aliphatic hydroxyl groups excluding tert-OH is 1. The van der Waals surface area contributed by atoms with Gasteiger partial charge in [-0.3, -0.25) is 44.0 Å². The number of carbonyl (C=O) groups is 7. The molecule has 149 heavy (non-hydrogen) atoms. The van der Waals surface area contributed by atoms with Gasteiger partial charge in [0.2, 0.25) is 17.6 Å². The molecule has 0 aliphatic carbocycles. The highest BCUT2D eigenvalue weighted by atomic mass is 79.9. The summed E-state index contributed by atoms with van der Waals surface area (Å²) in [7, 11) is 1.00. The van der Waals surface area contributed by atoms with E-state index in [0.717, 1.165) is 102 Å². The van der Waals surface area contributed by atoms with Crippen molar-refractivity contribution in [1.82, 2.24) is 64.4 Å². The number of pyridine rings is 3. The minimum absolute atomic E-state index is 0.0156. The van der Waals surface area contributed by atoms with Crippen LogP contribution in [0.4, 0.5) is 90.4 Å². The molecule has 5 aromatic carbocycles. The number of imide groups is 1. The Morgan fingerprint density at radius 2 is 0.705 bits per heavy atom. The van der Waals surface area contributed by atoms with Gasteiger partial charge in [-0.15, -0.1) is 0 Å². The molecule has 10 aliphatic heterocycles. The molecule has 45 heteroatoms. The standard InChI is InChI=1S/C25H16FN3O6.C21H22F2N4O3.C21H24F2N4O.C13H23FN2O2.C11H20N2O2.C10H14F4N2O.C2H4BrF.CH4O/c26-18-13-11-17(12-14-18)21-15-16-22(29(32)33)23(27-21)28(24(30)34-19-7-3-1-4-8-19)25(31)35-20-9-5-2-6-10-20;22-7-8-25-10-15-12-26(13-16(15)11-25)21(28)9-19-20(27(29)30)6-5-18(24-19)14-1-3-17(23)4-2-14;22-7-8-26-10-15-12-27(13-16(15)11-26)21(28)9-20-18(24)5-6-19(25-20)14-1-3-17(23)4-2-14;1-13(2,3)18-12(17)16-8-10-6-15(5-4-14)7-11(10)9-16;1-11(2,3)15-10(14)13-6-8-4-12-5-9(8)7-13;11-1-2-15-3-7-5-16(6-8(7)4-15)9(17)10(12,13)14;3-1-2-4;1-2/h1-16H;1-6,15-16H,7-13H2;1-6,15-16H,7-13,24H2;10-11H,4-9H2,1-3H3;8-9,12H,4-7H2,1-3H3;7-8H,1-6H2;1-2H2;2H,1H3. The molecule has 10 saturated heterocycles. The smallest absolute Gasteiger partial charge is 0.444 e. The second-order valence-electron chi connectivity index (χ2n) is 39.5. The number of nitrogens with two attached hydrogens (primary N) is 1. The van der Waals surface area contributed by atoms with Gasteiger partial charge in [0.15, 0.2) is 0 Å². The normalized spacial score (nSPS) is 20.9. The van der Waals surface area contributed by atoms with Crippen LogP contribution in [0.15, 0.2) is 170 Å². The van der Waals surface area contributed by atoms with Gasteiger partial charge in [-0.05, 0) is 222 Å². The Labute approximate surface area is 865 Å². The highest BCUT2D eigenvalue weighted by molar-refractivity contribution is 9.09. The largest absolute Gasteiger partial charge is 0.471 e. The van der Waals surface area contributed by atoms with Crippen molar-refractivity contribution < 1.29 is 116 Å². The number of aliphatic hydroxyl groups is 1. The first kappa shape index (κ1) is 117. The Morgan fingerprint density at radius 1 is 0.409 bits per heavy atom. The minimum Gasteiger partial charge on any atom is -0.444 e. The van der Waals surface area contributed by atoms with Crippen molar-refractivity contribution in [2.24, 2.45) is 59.2 Å².